The Balaban J connectivity index is 2.51. The van der Waals surface area contributed by atoms with Gasteiger partial charge >= 0.3 is 0 Å². The summed E-state index contributed by atoms with van der Waals surface area (Å²) in [5.41, 5.74) is 5.70. The highest BCUT2D eigenvalue weighted by Crippen LogP contribution is 2.31. The maximum Gasteiger partial charge on any atom is 0.264 e. The lowest BCUT2D eigenvalue weighted by molar-refractivity contribution is 0.571. The van der Waals surface area contributed by atoms with Crippen LogP contribution in [0.2, 0.25) is 10.0 Å². The third-order valence-electron chi connectivity index (χ3n) is 2.48. The van der Waals surface area contributed by atoms with Gasteiger partial charge in [-0.05, 0) is 46.3 Å². The summed E-state index contributed by atoms with van der Waals surface area (Å²) < 4.78 is 41.1. The van der Waals surface area contributed by atoms with Crippen LogP contribution in [-0.4, -0.2) is 8.42 Å². The van der Waals surface area contributed by atoms with Gasteiger partial charge in [0.05, 0.1) is 10.7 Å². The number of hydrogen-bond donors (Lipinski definition) is 2. The second kappa shape index (κ2) is 6.00. The van der Waals surface area contributed by atoms with Crippen molar-refractivity contribution in [1.29, 1.82) is 0 Å². The predicted octanol–water partition coefficient (Wildman–Crippen LogP) is 4.28. The Morgan fingerprint density at radius 2 is 1.86 bits per heavy atom. The summed E-state index contributed by atoms with van der Waals surface area (Å²) in [5, 5.41) is -0.0532. The van der Waals surface area contributed by atoms with Crippen molar-refractivity contribution in [3.8, 4) is 0 Å². The molecule has 0 heterocycles. The van der Waals surface area contributed by atoms with Crippen LogP contribution in [0.1, 0.15) is 0 Å². The first-order valence-electron chi connectivity index (χ1n) is 5.43. The molecule has 0 atom stereocenters. The van der Waals surface area contributed by atoms with Gasteiger partial charge in [-0.1, -0.05) is 23.2 Å². The number of benzene rings is 2. The summed E-state index contributed by atoms with van der Waals surface area (Å²) in [6.45, 7) is 0. The average Bonchev–Trinajstić information content (AvgIpc) is 2.37. The van der Waals surface area contributed by atoms with Crippen LogP contribution in [0.5, 0.6) is 0 Å². The van der Waals surface area contributed by atoms with Crippen molar-refractivity contribution < 1.29 is 12.8 Å². The fourth-order valence-electron chi connectivity index (χ4n) is 1.55. The Morgan fingerprint density at radius 3 is 2.52 bits per heavy atom. The third-order valence-corrected chi connectivity index (χ3v) is 5.05. The lowest BCUT2D eigenvalue weighted by Gasteiger charge is -2.12. The molecule has 0 saturated heterocycles. The maximum atomic E-state index is 13.9. The number of anilines is 2. The van der Waals surface area contributed by atoms with Crippen molar-refractivity contribution in [2.24, 2.45) is 0 Å². The molecule has 0 amide bonds. The molecule has 4 nitrogen and oxygen atoms in total. The summed E-state index contributed by atoms with van der Waals surface area (Å²) in [4.78, 5) is -0.639. The Morgan fingerprint density at radius 1 is 1.19 bits per heavy atom. The Bertz CT molecular complexity index is 815. The van der Waals surface area contributed by atoms with Crippen LogP contribution in [0, 0.1) is 5.82 Å². The second-order valence-electron chi connectivity index (χ2n) is 4.04. The van der Waals surface area contributed by atoms with Crippen molar-refractivity contribution in [2.75, 3.05) is 10.5 Å². The van der Waals surface area contributed by atoms with Crippen LogP contribution in [0.15, 0.2) is 39.7 Å². The van der Waals surface area contributed by atoms with Gasteiger partial charge < -0.3 is 5.73 Å². The predicted molar refractivity (Wildman–Crippen MR) is 85.8 cm³/mol. The molecular formula is C12H8BrCl2FN2O2S. The molecule has 0 aromatic heterocycles. The van der Waals surface area contributed by atoms with Crippen LogP contribution in [0.4, 0.5) is 15.8 Å². The molecule has 3 N–H and O–H groups in total. The zero-order valence-electron chi connectivity index (χ0n) is 10.2. The highest BCUT2D eigenvalue weighted by Gasteiger charge is 2.23. The fourth-order valence-corrected chi connectivity index (χ4v) is 3.69. The minimum absolute atomic E-state index is 0.0342. The van der Waals surface area contributed by atoms with Crippen molar-refractivity contribution in [3.63, 3.8) is 0 Å². The highest BCUT2D eigenvalue weighted by atomic mass is 79.9. The van der Waals surface area contributed by atoms with Crippen molar-refractivity contribution in [2.45, 2.75) is 4.90 Å². The second-order valence-corrected chi connectivity index (χ2v) is 7.39. The van der Waals surface area contributed by atoms with E-state index in [1.165, 1.54) is 6.07 Å². The van der Waals surface area contributed by atoms with Crippen LogP contribution in [0.25, 0.3) is 0 Å². The van der Waals surface area contributed by atoms with E-state index in [2.05, 4.69) is 20.7 Å². The summed E-state index contributed by atoms with van der Waals surface area (Å²) in [6, 6.07) is 6.63. The van der Waals surface area contributed by atoms with E-state index in [9.17, 15) is 12.8 Å². The summed E-state index contributed by atoms with van der Waals surface area (Å²) in [6.07, 6.45) is 0. The first kappa shape index (κ1) is 16.4. The Labute approximate surface area is 139 Å². The van der Waals surface area contributed by atoms with Crippen molar-refractivity contribution >= 4 is 60.5 Å². The number of nitrogen functional groups attached to an aromatic ring is 1. The van der Waals surface area contributed by atoms with E-state index in [0.717, 1.165) is 12.1 Å². The van der Waals surface area contributed by atoms with Gasteiger partial charge in [0.25, 0.3) is 10.0 Å². The lowest BCUT2D eigenvalue weighted by atomic mass is 10.3. The SMILES string of the molecule is Nc1cc(Cl)c(F)c(S(=O)(=O)Nc2cc(Cl)ccc2Br)c1. The van der Waals surface area contributed by atoms with Gasteiger partial charge in [0.1, 0.15) is 4.90 Å². The van der Waals surface area contributed by atoms with Gasteiger partial charge in [-0.2, -0.15) is 0 Å². The molecule has 0 bridgehead atoms. The van der Waals surface area contributed by atoms with E-state index in [4.69, 9.17) is 28.9 Å². The van der Waals surface area contributed by atoms with Gasteiger partial charge in [0.2, 0.25) is 0 Å². The quantitative estimate of drug-likeness (QED) is 0.737. The molecule has 0 fully saturated rings. The summed E-state index contributed by atoms with van der Waals surface area (Å²) >= 11 is 14.6. The van der Waals surface area contributed by atoms with Crippen LogP contribution in [0.3, 0.4) is 0 Å². The number of sulfonamides is 1. The Kier molecular flexibility index (Phi) is 4.67. The molecule has 0 aliphatic rings. The molecule has 0 spiro atoms. The molecular weight excluding hydrogens is 406 g/mol. The Hall–Kier alpha value is -1.02. The fraction of sp³-hybridized carbons (Fsp3) is 0. The van der Waals surface area contributed by atoms with Gasteiger partial charge in [-0.25, -0.2) is 12.8 Å². The van der Waals surface area contributed by atoms with Crippen LogP contribution >= 0.6 is 39.1 Å². The van der Waals surface area contributed by atoms with E-state index in [0.29, 0.717) is 9.50 Å². The van der Waals surface area contributed by atoms with Crippen LogP contribution < -0.4 is 10.5 Å². The molecule has 0 aliphatic carbocycles. The number of halogens is 4. The number of hydrogen-bond acceptors (Lipinski definition) is 3. The summed E-state index contributed by atoms with van der Waals surface area (Å²) in [5.74, 6) is -1.07. The first-order chi connectivity index (χ1) is 9.70. The van der Waals surface area contributed by atoms with E-state index in [-0.39, 0.29) is 16.4 Å². The zero-order valence-corrected chi connectivity index (χ0v) is 14.1. The average molecular weight is 414 g/mol. The molecule has 0 aliphatic heterocycles. The summed E-state index contributed by atoms with van der Waals surface area (Å²) in [7, 11) is -4.21. The topological polar surface area (TPSA) is 72.2 Å². The van der Waals surface area contributed by atoms with Crippen molar-refractivity contribution in [1.82, 2.24) is 0 Å². The minimum atomic E-state index is -4.21. The van der Waals surface area contributed by atoms with E-state index >= 15 is 0 Å². The first-order valence-corrected chi connectivity index (χ1v) is 8.46. The minimum Gasteiger partial charge on any atom is -0.399 e. The molecule has 0 radical (unpaired) electrons. The molecule has 112 valence electrons. The molecule has 0 saturated carbocycles. The molecule has 2 aromatic rings. The normalized spacial score (nSPS) is 11.4. The van der Waals surface area contributed by atoms with Gasteiger partial charge in [0, 0.05) is 15.2 Å². The van der Waals surface area contributed by atoms with Crippen molar-refractivity contribution in [3.05, 3.63) is 50.7 Å². The standard InChI is InChI=1S/C12H8BrCl2FN2O2S/c13-8-2-1-6(14)3-10(8)18-21(19,20)11-5-7(17)4-9(15)12(11)16/h1-5,18H,17H2. The number of nitrogens with two attached hydrogens (primary N) is 1. The van der Waals surface area contributed by atoms with E-state index < -0.39 is 20.7 Å². The van der Waals surface area contributed by atoms with E-state index in [1.54, 1.807) is 12.1 Å². The molecule has 2 aromatic carbocycles. The van der Waals surface area contributed by atoms with Gasteiger partial charge in [-0.15, -0.1) is 0 Å². The molecule has 2 rings (SSSR count). The third kappa shape index (κ3) is 3.60. The monoisotopic (exact) mass is 412 g/mol. The van der Waals surface area contributed by atoms with E-state index in [1.807, 2.05) is 0 Å². The molecule has 0 unspecified atom stereocenters. The molecule has 9 heteroatoms. The largest absolute Gasteiger partial charge is 0.399 e. The number of nitrogens with one attached hydrogen (secondary N) is 1. The van der Waals surface area contributed by atoms with Gasteiger partial charge in [0.15, 0.2) is 5.82 Å². The van der Waals surface area contributed by atoms with Crippen LogP contribution in [-0.2, 0) is 10.0 Å². The lowest BCUT2D eigenvalue weighted by Crippen LogP contribution is -2.15. The van der Waals surface area contributed by atoms with Gasteiger partial charge in [-0.3, -0.25) is 4.72 Å². The molecule has 21 heavy (non-hydrogen) atoms. The number of rotatable bonds is 3. The zero-order chi connectivity index (χ0) is 15.8. The highest BCUT2D eigenvalue weighted by molar-refractivity contribution is 9.10. The smallest absolute Gasteiger partial charge is 0.264 e. The maximum absolute atomic E-state index is 13.9.